The Hall–Kier alpha value is -2.54. The predicted molar refractivity (Wildman–Crippen MR) is 94.1 cm³/mol. The first kappa shape index (κ1) is 17.3. The van der Waals surface area contributed by atoms with Crippen molar-refractivity contribution >= 4 is 28.1 Å². The smallest absolute Gasteiger partial charge is 0.258 e. The Bertz CT molecular complexity index is 808. The van der Waals surface area contributed by atoms with Crippen LogP contribution in [0, 0.1) is 0 Å². The average Bonchev–Trinajstić information content (AvgIpc) is 3.08. The molecule has 1 N–H and O–H groups in total. The normalized spacial score (nSPS) is 13.2. The van der Waals surface area contributed by atoms with Gasteiger partial charge in [-0.2, -0.15) is 0 Å². The molecule has 0 saturated carbocycles. The predicted octanol–water partition coefficient (Wildman–Crippen LogP) is 3.25. The van der Waals surface area contributed by atoms with E-state index in [-0.39, 0.29) is 25.3 Å². The third-order valence-electron chi connectivity index (χ3n) is 3.73. The number of carbonyl (C=O) groups is 2. The highest BCUT2D eigenvalue weighted by Gasteiger charge is 2.17. The van der Waals surface area contributed by atoms with Gasteiger partial charge in [-0.15, -0.1) is 0 Å². The summed E-state index contributed by atoms with van der Waals surface area (Å²) in [5, 5.41) is 2.85. The second kappa shape index (κ2) is 7.57. The van der Waals surface area contributed by atoms with Crippen molar-refractivity contribution in [2.75, 3.05) is 13.4 Å². The van der Waals surface area contributed by atoms with Gasteiger partial charge >= 0.3 is 0 Å². The van der Waals surface area contributed by atoms with E-state index >= 15 is 0 Å². The van der Waals surface area contributed by atoms with Gasteiger partial charge in [0.05, 0.1) is 11.6 Å². The van der Waals surface area contributed by atoms with Gasteiger partial charge in [-0.3, -0.25) is 9.59 Å². The Morgan fingerprint density at radius 2 is 2.08 bits per heavy atom. The molecule has 0 bridgehead atoms. The van der Waals surface area contributed by atoms with Crippen LogP contribution in [0.15, 0.2) is 40.9 Å². The molecule has 130 valence electrons. The highest BCUT2D eigenvalue weighted by molar-refractivity contribution is 9.10. The molecule has 0 aliphatic carbocycles. The standard InChI is InChI=1S/C18H16BrNO5/c1-11(12-2-4-16-17(7-12)25-10-24-16)20-18(22)9-23-15-5-3-14(19)6-13(15)8-21/h2-8,11H,9-10H2,1H3,(H,20,22)/t11-/m1/s1. The van der Waals surface area contributed by atoms with E-state index in [2.05, 4.69) is 21.2 Å². The van der Waals surface area contributed by atoms with Gasteiger partial charge < -0.3 is 19.5 Å². The van der Waals surface area contributed by atoms with E-state index in [1.165, 1.54) is 0 Å². The molecule has 1 heterocycles. The zero-order chi connectivity index (χ0) is 17.8. The van der Waals surface area contributed by atoms with Gasteiger partial charge in [0.1, 0.15) is 5.75 Å². The number of aldehydes is 1. The molecule has 1 atom stereocenters. The van der Waals surface area contributed by atoms with E-state index in [9.17, 15) is 9.59 Å². The fourth-order valence-electron chi connectivity index (χ4n) is 2.44. The van der Waals surface area contributed by atoms with E-state index in [0.29, 0.717) is 29.1 Å². The van der Waals surface area contributed by atoms with Gasteiger partial charge in [-0.05, 0) is 42.8 Å². The Labute approximate surface area is 153 Å². The highest BCUT2D eigenvalue weighted by atomic mass is 79.9. The summed E-state index contributed by atoms with van der Waals surface area (Å²) in [6.07, 6.45) is 0.688. The number of halogens is 1. The van der Waals surface area contributed by atoms with Gasteiger partial charge in [0.15, 0.2) is 24.4 Å². The van der Waals surface area contributed by atoms with Crippen LogP contribution in [0.1, 0.15) is 28.9 Å². The maximum atomic E-state index is 12.1. The Balaban J connectivity index is 1.58. The first-order valence-electron chi connectivity index (χ1n) is 7.63. The molecule has 7 heteroatoms. The number of nitrogens with one attached hydrogen (secondary N) is 1. The quantitative estimate of drug-likeness (QED) is 0.746. The molecule has 1 aliphatic rings. The zero-order valence-electron chi connectivity index (χ0n) is 13.5. The van der Waals surface area contributed by atoms with Crippen molar-refractivity contribution in [3.8, 4) is 17.2 Å². The van der Waals surface area contributed by atoms with E-state index in [1.54, 1.807) is 18.2 Å². The summed E-state index contributed by atoms with van der Waals surface area (Å²) in [6, 6.07) is 10.3. The number of benzene rings is 2. The molecule has 1 aliphatic heterocycles. The van der Waals surface area contributed by atoms with Gasteiger partial charge in [-0.1, -0.05) is 22.0 Å². The van der Waals surface area contributed by atoms with E-state index < -0.39 is 0 Å². The zero-order valence-corrected chi connectivity index (χ0v) is 15.0. The Morgan fingerprint density at radius 1 is 1.28 bits per heavy atom. The van der Waals surface area contributed by atoms with E-state index in [1.807, 2.05) is 25.1 Å². The van der Waals surface area contributed by atoms with Crippen molar-refractivity contribution in [3.05, 3.63) is 52.0 Å². The largest absolute Gasteiger partial charge is 0.483 e. The lowest BCUT2D eigenvalue weighted by atomic mass is 10.1. The number of amides is 1. The van der Waals surface area contributed by atoms with Crippen molar-refractivity contribution in [2.24, 2.45) is 0 Å². The molecule has 3 rings (SSSR count). The van der Waals surface area contributed by atoms with Crippen LogP contribution in [-0.2, 0) is 4.79 Å². The highest BCUT2D eigenvalue weighted by Crippen LogP contribution is 2.34. The lowest BCUT2D eigenvalue weighted by Crippen LogP contribution is -2.31. The molecule has 2 aromatic carbocycles. The van der Waals surface area contributed by atoms with Gasteiger partial charge in [-0.25, -0.2) is 0 Å². The molecule has 0 fully saturated rings. The Morgan fingerprint density at radius 3 is 2.88 bits per heavy atom. The van der Waals surface area contributed by atoms with Crippen molar-refractivity contribution in [1.29, 1.82) is 0 Å². The van der Waals surface area contributed by atoms with Crippen molar-refractivity contribution in [2.45, 2.75) is 13.0 Å². The average molecular weight is 406 g/mol. The molecule has 0 spiro atoms. The summed E-state index contributed by atoms with van der Waals surface area (Å²) in [4.78, 5) is 23.2. The van der Waals surface area contributed by atoms with Crippen LogP contribution in [0.3, 0.4) is 0 Å². The second-order valence-corrected chi connectivity index (χ2v) is 6.41. The van der Waals surface area contributed by atoms with Gasteiger partial charge in [0, 0.05) is 4.47 Å². The minimum Gasteiger partial charge on any atom is -0.483 e. The summed E-state index contributed by atoms with van der Waals surface area (Å²) >= 11 is 3.28. The number of carbonyl (C=O) groups excluding carboxylic acids is 2. The fourth-order valence-corrected chi connectivity index (χ4v) is 2.81. The van der Waals surface area contributed by atoms with Crippen LogP contribution in [0.2, 0.25) is 0 Å². The molecule has 25 heavy (non-hydrogen) atoms. The molecule has 0 saturated heterocycles. The molecule has 0 radical (unpaired) electrons. The third kappa shape index (κ3) is 4.11. The molecule has 1 amide bonds. The lowest BCUT2D eigenvalue weighted by molar-refractivity contribution is -0.123. The topological polar surface area (TPSA) is 73.9 Å². The maximum Gasteiger partial charge on any atom is 0.258 e. The summed E-state index contributed by atoms with van der Waals surface area (Å²) in [7, 11) is 0. The summed E-state index contributed by atoms with van der Waals surface area (Å²) in [5.74, 6) is 1.44. The van der Waals surface area contributed by atoms with Crippen LogP contribution in [0.25, 0.3) is 0 Å². The summed E-state index contributed by atoms with van der Waals surface area (Å²) in [5.41, 5.74) is 1.28. The monoisotopic (exact) mass is 405 g/mol. The van der Waals surface area contributed by atoms with Gasteiger partial charge in [0.25, 0.3) is 5.91 Å². The lowest BCUT2D eigenvalue weighted by Gasteiger charge is -2.15. The SMILES string of the molecule is C[C@@H](NC(=O)COc1ccc(Br)cc1C=O)c1ccc2c(c1)OCO2. The summed E-state index contributed by atoms with van der Waals surface area (Å²) in [6.45, 7) is 1.89. The molecule has 6 nitrogen and oxygen atoms in total. The van der Waals surface area contributed by atoms with E-state index in [4.69, 9.17) is 14.2 Å². The molecular weight excluding hydrogens is 390 g/mol. The fraction of sp³-hybridized carbons (Fsp3) is 0.222. The van der Waals surface area contributed by atoms with Gasteiger partial charge in [0.2, 0.25) is 6.79 Å². The summed E-state index contributed by atoms with van der Waals surface area (Å²) < 4.78 is 16.8. The third-order valence-corrected chi connectivity index (χ3v) is 4.22. The molecule has 0 aromatic heterocycles. The molecule has 0 unspecified atom stereocenters. The van der Waals surface area contributed by atoms with Crippen LogP contribution in [0.5, 0.6) is 17.2 Å². The number of hydrogen-bond acceptors (Lipinski definition) is 5. The minimum atomic E-state index is -0.287. The van der Waals surface area contributed by atoms with Crippen molar-refractivity contribution in [3.63, 3.8) is 0 Å². The van der Waals surface area contributed by atoms with Crippen LogP contribution in [-0.4, -0.2) is 25.6 Å². The second-order valence-electron chi connectivity index (χ2n) is 5.49. The number of hydrogen-bond donors (Lipinski definition) is 1. The number of rotatable bonds is 6. The maximum absolute atomic E-state index is 12.1. The van der Waals surface area contributed by atoms with Crippen LogP contribution >= 0.6 is 15.9 Å². The number of ether oxygens (including phenoxy) is 3. The van der Waals surface area contributed by atoms with Crippen LogP contribution in [0.4, 0.5) is 0 Å². The minimum absolute atomic E-state index is 0.183. The van der Waals surface area contributed by atoms with Crippen LogP contribution < -0.4 is 19.5 Å². The first-order chi connectivity index (χ1) is 12.1. The molecule has 2 aromatic rings. The van der Waals surface area contributed by atoms with Crippen molar-refractivity contribution in [1.82, 2.24) is 5.32 Å². The molecular formula is C18H16BrNO5. The Kier molecular flexibility index (Phi) is 5.23. The van der Waals surface area contributed by atoms with E-state index in [0.717, 1.165) is 10.0 Å². The number of fused-ring (bicyclic) bond motifs is 1. The first-order valence-corrected chi connectivity index (χ1v) is 8.42. The van der Waals surface area contributed by atoms with Crippen molar-refractivity contribution < 1.29 is 23.8 Å².